The summed E-state index contributed by atoms with van der Waals surface area (Å²) in [5, 5.41) is 3.09. The number of nitrogens with zero attached hydrogens (tertiary/aromatic N) is 2. The van der Waals surface area contributed by atoms with Crippen LogP contribution < -0.4 is 10.1 Å². The summed E-state index contributed by atoms with van der Waals surface area (Å²) in [6.07, 6.45) is 6.21. The molecule has 0 aliphatic carbocycles. The van der Waals surface area contributed by atoms with E-state index in [2.05, 4.69) is 15.0 Å². The first-order valence-electron chi connectivity index (χ1n) is 5.99. The van der Waals surface area contributed by atoms with Crippen molar-refractivity contribution in [3.05, 3.63) is 43.0 Å². The van der Waals surface area contributed by atoms with Crippen molar-refractivity contribution in [2.75, 3.05) is 11.9 Å². The van der Waals surface area contributed by atoms with Crippen LogP contribution in [-0.4, -0.2) is 22.7 Å². The van der Waals surface area contributed by atoms with Crippen LogP contribution in [0.25, 0.3) is 0 Å². The van der Waals surface area contributed by atoms with Crippen LogP contribution in [0.1, 0.15) is 6.42 Å². The summed E-state index contributed by atoms with van der Waals surface area (Å²) in [4.78, 5) is 3.95. The molecule has 1 N–H and O–H groups in total. The van der Waals surface area contributed by atoms with Gasteiger partial charge in [0.15, 0.2) is 0 Å². The van der Waals surface area contributed by atoms with Crippen LogP contribution in [-0.2, 0) is 6.54 Å². The van der Waals surface area contributed by atoms with Crippen molar-refractivity contribution in [3.63, 3.8) is 0 Å². The third-order valence-corrected chi connectivity index (χ3v) is 2.57. The zero-order valence-electron chi connectivity index (χ0n) is 10.3. The molecule has 2 aromatic rings. The van der Waals surface area contributed by atoms with E-state index in [0.29, 0.717) is 12.2 Å². The molecule has 0 spiro atoms. The lowest BCUT2D eigenvalue weighted by molar-refractivity contribution is -0.0493. The van der Waals surface area contributed by atoms with Crippen LogP contribution in [0.5, 0.6) is 5.75 Å². The van der Waals surface area contributed by atoms with E-state index >= 15 is 0 Å². The summed E-state index contributed by atoms with van der Waals surface area (Å²) < 4.78 is 30.8. The number of aryl methyl sites for hydroxylation is 1. The van der Waals surface area contributed by atoms with Crippen LogP contribution in [0.3, 0.4) is 0 Å². The molecule has 6 heteroatoms. The lowest BCUT2D eigenvalue weighted by Gasteiger charge is -2.12. The van der Waals surface area contributed by atoms with Crippen molar-refractivity contribution < 1.29 is 13.5 Å². The van der Waals surface area contributed by atoms with Crippen LogP contribution >= 0.6 is 0 Å². The summed E-state index contributed by atoms with van der Waals surface area (Å²) in [6.45, 7) is -1.32. The molecule has 0 aliphatic rings. The Hall–Kier alpha value is -2.11. The Balaban J connectivity index is 1.82. The third kappa shape index (κ3) is 4.24. The highest BCUT2D eigenvalue weighted by Crippen LogP contribution is 2.25. The number of halogens is 2. The number of para-hydroxylation sites is 2. The van der Waals surface area contributed by atoms with Crippen LogP contribution in [0, 0.1) is 0 Å². The number of nitrogens with one attached hydrogen (secondary N) is 1. The molecule has 0 aliphatic heterocycles. The molecule has 102 valence electrons. The standard InChI is InChI=1S/C13H15F2N3O/c14-13(15)19-12-5-2-1-4-11(12)17-6-3-8-18-9-7-16-10-18/h1-2,4-5,7,9-10,13,17H,3,6,8H2. The SMILES string of the molecule is FC(F)Oc1ccccc1NCCCn1ccnc1. The van der Waals surface area contributed by atoms with E-state index in [0.717, 1.165) is 13.0 Å². The second kappa shape index (κ2) is 6.72. The summed E-state index contributed by atoms with van der Waals surface area (Å²) in [6, 6.07) is 6.67. The number of ether oxygens (including phenoxy) is 1. The van der Waals surface area contributed by atoms with E-state index in [1.54, 1.807) is 30.7 Å². The Labute approximate surface area is 110 Å². The largest absolute Gasteiger partial charge is 0.433 e. The Morgan fingerprint density at radius 2 is 2.16 bits per heavy atom. The molecule has 0 radical (unpaired) electrons. The van der Waals surface area contributed by atoms with Gasteiger partial charge in [0.1, 0.15) is 5.75 Å². The number of aromatic nitrogens is 2. The number of anilines is 1. The molecular weight excluding hydrogens is 252 g/mol. The van der Waals surface area contributed by atoms with Gasteiger partial charge in [-0.05, 0) is 18.6 Å². The van der Waals surface area contributed by atoms with Gasteiger partial charge in [-0.15, -0.1) is 0 Å². The fourth-order valence-corrected chi connectivity index (χ4v) is 1.72. The van der Waals surface area contributed by atoms with Gasteiger partial charge in [-0.1, -0.05) is 12.1 Å². The van der Waals surface area contributed by atoms with Crippen molar-refractivity contribution in [1.29, 1.82) is 0 Å². The molecule has 1 heterocycles. The predicted molar refractivity (Wildman–Crippen MR) is 68.4 cm³/mol. The van der Waals surface area contributed by atoms with Gasteiger partial charge in [0.25, 0.3) is 0 Å². The molecule has 0 saturated carbocycles. The van der Waals surface area contributed by atoms with Crippen molar-refractivity contribution in [2.24, 2.45) is 0 Å². The predicted octanol–water partition coefficient (Wildman–Crippen LogP) is 2.99. The second-order valence-electron chi connectivity index (χ2n) is 3.96. The first-order valence-corrected chi connectivity index (χ1v) is 5.99. The average molecular weight is 267 g/mol. The first kappa shape index (κ1) is 13.3. The van der Waals surface area contributed by atoms with Gasteiger partial charge >= 0.3 is 6.61 Å². The topological polar surface area (TPSA) is 39.1 Å². The van der Waals surface area contributed by atoms with Crippen molar-refractivity contribution in [3.8, 4) is 5.75 Å². The van der Waals surface area contributed by atoms with Crippen LogP contribution in [0.15, 0.2) is 43.0 Å². The van der Waals surface area contributed by atoms with E-state index in [4.69, 9.17) is 0 Å². The number of benzene rings is 1. The molecular formula is C13H15F2N3O. The molecule has 0 saturated heterocycles. The summed E-state index contributed by atoms with van der Waals surface area (Å²) >= 11 is 0. The monoisotopic (exact) mass is 267 g/mol. The van der Waals surface area contributed by atoms with Gasteiger partial charge in [0, 0.05) is 25.5 Å². The summed E-state index contributed by atoms with van der Waals surface area (Å²) in [7, 11) is 0. The Bertz CT molecular complexity index is 488. The van der Waals surface area contributed by atoms with E-state index in [1.807, 2.05) is 10.8 Å². The van der Waals surface area contributed by atoms with E-state index in [9.17, 15) is 8.78 Å². The fraction of sp³-hybridized carbons (Fsp3) is 0.308. The zero-order valence-corrected chi connectivity index (χ0v) is 10.3. The Morgan fingerprint density at radius 3 is 2.89 bits per heavy atom. The minimum atomic E-state index is -2.81. The van der Waals surface area contributed by atoms with E-state index in [1.165, 1.54) is 6.07 Å². The minimum absolute atomic E-state index is 0.167. The Kier molecular flexibility index (Phi) is 4.72. The lowest BCUT2D eigenvalue weighted by Crippen LogP contribution is -2.09. The number of hydrogen-bond acceptors (Lipinski definition) is 3. The summed E-state index contributed by atoms with van der Waals surface area (Å²) in [5.41, 5.74) is 0.577. The fourth-order valence-electron chi connectivity index (χ4n) is 1.72. The number of alkyl halides is 2. The van der Waals surface area contributed by atoms with Gasteiger partial charge in [-0.25, -0.2) is 4.98 Å². The van der Waals surface area contributed by atoms with Gasteiger partial charge in [0.2, 0.25) is 0 Å². The van der Waals surface area contributed by atoms with E-state index in [-0.39, 0.29) is 5.75 Å². The van der Waals surface area contributed by atoms with Crippen LogP contribution in [0.2, 0.25) is 0 Å². The van der Waals surface area contributed by atoms with Gasteiger partial charge in [0.05, 0.1) is 12.0 Å². The van der Waals surface area contributed by atoms with E-state index < -0.39 is 6.61 Å². The molecule has 0 amide bonds. The first-order chi connectivity index (χ1) is 9.25. The molecule has 0 unspecified atom stereocenters. The van der Waals surface area contributed by atoms with Gasteiger partial charge < -0.3 is 14.6 Å². The third-order valence-electron chi connectivity index (χ3n) is 2.57. The number of rotatable bonds is 7. The normalized spacial score (nSPS) is 10.7. The molecule has 19 heavy (non-hydrogen) atoms. The zero-order chi connectivity index (χ0) is 13.5. The average Bonchev–Trinajstić information content (AvgIpc) is 2.89. The number of hydrogen-bond donors (Lipinski definition) is 1. The minimum Gasteiger partial charge on any atom is -0.433 e. The molecule has 1 aromatic carbocycles. The highest BCUT2D eigenvalue weighted by molar-refractivity contribution is 5.56. The van der Waals surface area contributed by atoms with Crippen molar-refractivity contribution in [2.45, 2.75) is 19.6 Å². The molecule has 0 fully saturated rings. The maximum Gasteiger partial charge on any atom is 0.387 e. The number of imidazole rings is 1. The molecule has 2 rings (SSSR count). The summed E-state index contributed by atoms with van der Waals surface area (Å²) in [5.74, 6) is 0.167. The molecule has 0 bridgehead atoms. The van der Waals surface area contributed by atoms with Gasteiger partial charge in [-0.2, -0.15) is 8.78 Å². The quantitative estimate of drug-likeness (QED) is 0.784. The molecule has 1 aromatic heterocycles. The smallest absolute Gasteiger partial charge is 0.387 e. The lowest BCUT2D eigenvalue weighted by atomic mass is 10.3. The van der Waals surface area contributed by atoms with Crippen molar-refractivity contribution >= 4 is 5.69 Å². The molecule has 4 nitrogen and oxygen atoms in total. The highest BCUT2D eigenvalue weighted by atomic mass is 19.3. The molecule has 0 atom stereocenters. The highest BCUT2D eigenvalue weighted by Gasteiger charge is 2.08. The van der Waals surface area contributed by atoms with Crippen molar-refractivity contribution in [1.82, 2.24) is 9.55 Å². The Morgan fingerprint density at radius 1 is 1.32 bits per heavy atom. The van der Waals surface area contributed by atoms with Gasteiger partial charge in [-0.3, -0.25) is 0 Å². The van der Waals surface area contributed by atoms with Crippen LogP contribution in [0.4, 0.5) is 14.5 Å². The maximum absolute atomic E-state index is 12.2. The maximum atomic E-state index is 12.2. The second-order valence-corrected chi connectivity index (χ2v) is 3.96.